The molecule has 0 spiro atoms. The lowest BCUT2D eigenvalue weighted by atomic mass is 9.98. The van der Waals surface area contributed by atoms with Crippen LogP contribution in [-0.4, -0.2) is 29.6 Å². The SMILES string of the molecule is CNC(=O)c1ccc(-c2cnc(-c3ccccc3)c(NC(=O)c3cc(C(=N)/C=C\N)c(C(F)(F)F)cc3F)c2)cc1. The fourth-order valence-corrected chi connectivity index (χ4v) is 4.08. The first-order valence-electron chi connectivity index (χ1n) is 12.1. The van der Waals surface area contributed by atoms with Crippen molar-refractivity contribution >= 4 is 23.2 Å². The van der Waals surface area contributed by atoms with Gasteiger partial charge in [0.1, 0.15) is 5.82 Å². The van der Waals surface area contributed by atoms with Gasteiger partial charge in [0.25, 0.3) is 11.8 Å². The molecule has 4 rings (SSSR count). The number of halogens is 4. The lowest BCUT2D eigenvalue weighted by molar-refractivity contribution is -0.137. The molecule has 0 bridgehead atoms. The van der Waals surface area contributed by atoms with E-state index in [0.29, 0.717) is 34.0 Å². The van der Waals surface area contributed by atoms with Crippen LogP contribution in [0.3, 0.4) is 0 Å². The van der Waals surface area contributed by atoms with Gasteiger partial charge in [0.2, 0.25) is 0 Å². The number of rotatable bonds is 7. The maximum Gasteiger partial charge on any atom is 0.417 e. The van der Waals surface area contributed by atoms with E-state index >= 15 is 0 Å². The second-order valence-electron chi connectivity index (χ2n) is 8.74. The third-order valence-corrected chi connectivity index (χ3v) is 6.10. The molecule has 0 radical (unpaired) electrons. The van der Waals surface area contributed by atoms with Gasteiger partial charge in [-0.2, -0.15) is 13.2 Å². The fourth-order valence-electron chi connectivity index (χ4n) is 4.08. The molecule has 4 aromatic rings. The number of allylic oxidation sites excluding steroid dienone is 1. The number of carbonyl (C=O) groups is 2. The second kappa shape index (κ2) is 11.8. The van der Waals surface area contributed by atoms with Crippen molar-refractivity contribution < 1.29 is 27.2 Å². The van der Waals surface area contributed by atoms with Crippen molar-refractivity contribution in [3.05, 3.63) is 119 Å². The van der Waals surface area contributed by atoms with E-state index in [1.807, 2.05) is 0 Å². The molecular weight excluding hydrogens is 538 g/mol. The highest BCUT2D eigenvalue weighted by atomic mass is 19.4. The van der Waals surface area contributed by atoms with Crippen molar-refractivity contribution in [2.45, 2.75) is 6.18 Å². The number of carbonyl (C=O) groups excluding carboxylic acids is 2. The van der Waals surface area contributed by atoms with Gasteiger partial charge in [-0.3, -0.25) is 14.6 Å². The summed E-state index contributed by atoms with van der Waals surface area (Å²) in [6.45, 7) is 0. The normalized spacial score (nSPS) is 11.3. The van der Waals surface area contributed by atoms with E-state index in [-0.39, 0.29) is 17.7 Å². The highest BCUT2D eigenvalue weighted by Gasteiger charge is 2.36. The third-order valence-electron chi connectivity index (χ3n) is 6.10. The van der Waals surface area contributed by atoms with Crippen molar-refractivity contribution in [1.29, 1.82) is 5.41 Å². The Labute approximate surface area is 232 Å². The van der Waals surface area contributed by atoms with E-state index in [2.05, 4.69) is 15.6 Å². The Hall–Kier alpha value is -5.32. The Morgan fingerprint density at radius 3 is 2.20 bits per heavy atom. The zero-order valence-corrected chi connectivity index (χ0v) is 21.5. The van der Waals surface area contributed by atoms with E-state index in [4.69, 9.17) is 11.1 Å². The van der Waals surface area contributed by atoms with Crippen LogP contribution < -0.4 is 16.4 Å². The average molecular weight is 562 g/mol. The molecule has 11 heteroatoms. The topological polar surface area (TPSA) is 121 Å². The minimum atomic E-state index is -4.98. The number of hydrogen-bond donors (Lipinski definition) is 4. The van der Waals surface area contributed by atoms with Crippen molar-refractivity contribution in [2.24, 2.45) is 5.73 Å². The number of anilines is 1. The molecule has 0 saturated carbocycles. The quantitative estimate of drug-likeness (QED) is 0.163. The third kappa shape index (κ3) is 6.30. The number of alkyl halides is 3. The number of amides is 2. The van der Waals surface area contributed by atoms with E-state index in [1.165, 1.54) is 7.05 Å². The fraction of sp³-hybridized carbons (Fsp3) is 0.0667. The van der Waals surface area contributed by atoms with E-state index in [0.717, 1.165) is 12.3 Å². The van der Waals surface area contributed by atoms with Crippen LogP contribution in [0.15, 0.2) is 91.3 Å². The summed E-state index contributed by atoms with van der Waals surface area (Å²) in [5.74, 6) is -2.73. The first kappa shape index (κ1) is 28.7. The number of nitrogens with one attached hydrogen (secondary N) is 3. The molecule has 7 nitrogen and oxygen atoms in total. The van der Waals surface area contributed by atoms with Gasteiger partial charge in [0, 0.05) is 35.5 Å². The lowest BCUT2D eigenvalue weighted by Gasteiger charge is -2.16. The average Bonchev–Trinajstić information content (AvgIpc) is 2.96. The molecule has 5 N–H and O–H groups in total. The molecule has 0 fully saturated rings. The second-order valence-corrected chi connectivity index (χ2v) is 8.74. The van der Waals surface area contributed by atoms with Crippen LogP contribution in [0.25, 0.3) is 22.4 Å². The first-order chi connectivity index (χ1) is 19.5. The minimum Gasteiger partial charge on any atom is -0.405 e. The number of nitrogens with two attached hydrogens (primary N) is 1. The Morgan fingerprint density at radius 1 is 0.902 bits per heavy atom. The Bertz CT molecular complexity index is 1650. The number of hydrogen-bond acceptors (Lipinski definition) is 5. The smallest absolute Gasteiger partial charge is 0.405 e. The van der Waals surface area contributed by atoms with Crippen LogP contribution in [0.1, 0.15) is 31.8 Å². The highest BCUT2D eigenvalue weighted by molar-refractivity contribution is 6.11. The van der Waals surface area contributed by atoms with Crippen LogP contribution in [0.5, 0.6) is 0 Å². The van der Waals surface area contributed by atoms with Gasteiger partial charge in [-0.15, -0.1) is 0 Å². The molecule has 0 unspecified atom stereocenters. The monoisotopic (exact) mass is 561 g/mol. The molecule has 0 atom stereocenters. The van der Waals surface area contributed by atoms with Gasteiger partial charge >= 0.3 is 6.18 Å². The standard InChI is InChI=1S/C30H23F4N5O2/c1-37-28(40)19-9-7-17(8-10-19)20-13-26(27(38-16-20)18-5-3-2-4-6-18)39-29(41)22-14-21(25(36)11-12-35)23(15-24(22)31)30(32,33)34/h2-16,36H,35H2,1H3,(H,37,40)(H,39,41)/b12-11-,36-25?. The number of nitrogens with zero attached hydrogens (tertiary/aromatic N) is 1. The molecule has 0 aliphatic rings. The first-order valence-corrected chi connectivity index (χ1v) is 12.1. The zero-order valence-electron chi connectivity index (χ0n) is 21.5. The van der Waals surface area contributed by atoms with Crippen LogP contribution in [-0.2, 0) is 6.18 Å². The maximum atomic E-state index is 14.9. The van der Waals surface area contributed by atoms with Crippen LogP contribution in [0.4, 0.5) is 23.2 Å². The van der Waals surface area contributed by atoms with Crippen LogP contribution >= 0.6 is 0 Å². The molecule has 2 amide bonds. The summed E-state index contributed by atoms with van der Waals surface area (Å²) in [7, 11) is 1.51. The van der Waals surface area contributed by atoms with Crippen molar-refractivity contribution in [3.8, 4) is 22.4 Å². The number of aromatic nitrogens is 1. The zero-order chi connectivity index (χ0) is 29.7. The largest absolute Gasteiger partial charge is 0.417 e. The summed E-state index contributed by atoms with van der Waals surface area (Å²) >= 11 is 0. The van der Waals surface area contributed by atoms with Crippen molar-refractivity contribution in [1.82, 2.24) is 10.3 Å². The molecule has 1 heterocycles. The van der Waals surface area contributed by atoms with Gasteiger partial charge < -0.3 is 21.8 Å². The molecule has 41 heavy (non-hydrogen) atoms. The Morgan fingerprint density at radius 2 is 1.59 bits per heavy atom. The van der Waals surface area contributed by atoms with Crippen molar-refractivity contribution in [2.75, 3.05) is 12.4 Å². The summed E-state index contributed by atoms with van der Waals surface area (Å²) in [6, 6.07) is 17.8. The van der Waals surface area contributed by atoms with Crippen LogP contribution in [0, 0.1) is 11.2 Å². The van der Waals surface area contributed by atoms with E-state index in [1.54, 1.807) is 66.9 Å². The van der Waals surface area contributed by atoms with Gasteiger partial charge in [0.15, 0.2) is 0 Å². The summed E-state index contributed by atoms with van der Waals surface area (Å²) < 4.78 is 55.7. The molecule has 0 aliphatic heterocycles. The minimum absolute atomic E-state index is 0.159. The number of benzene rings is 3. The molecule has 1 aromatic heterocycles. The molecular formula is C30H23F4N5O2. The van der Waals surface area contributed by atoms with Crippen molar-refractivity contribution in [3.63, 3.8) is 0 Å². The van der Waals surface area contributed by atoms with Gasteiger partial charge in [0.05, 0.1) is 28.2 Å². The summed E-state index contributed by atoms with van der Waals surface area (Å²) in [4.78, 5) is 29.7. The van der Waals surface area contributed by atoms with Crippen LogP contribution in [0.2, 0.25) is 0 Å². The molecule has 3 aromatic carbocycles. The summed E-state index contributed by atoms with van der Waals surface area (Å²) in [6.07, 6.45) is -1.65. The lowest BCUT2D eigenvalue weighted by Crippen LogP contribution is -2.19. The predicted molar refractivity (Wildman–Crippen MR) is 148 cm³/mol. The summed E-state index contributed by atoms with van der Waals surface area (Å²) in [5, 5.41) is 13.1. The van der Waals surface area contributed by atoms with E-state index in [9.17, 15) is 27.2 Å². The van der Waals surface area contributed by atoms with E-state index < -0.39 is 40.3 Å². The highest BCUT2D eigenvalue weighted by Crippen LogP contribution is 2.35. The van der Waals surface area contributed by atoms with Gasteiger partial charge in [-0.1, -0.05) is 42.5 Å². The Kier molecular flexibility index (Phi) is 8.27. The Balaban J connectivity index is 1.79. The maximum absolute atomic E-state index is 14.9. The van der Waals surface area contributed by atoms with Gasteiger partial charge in [-0.05, 0) is 48.2 Å². The number of pyridine rings is 1. The predicted octanol–water partition coefficient (Wildman–Crippen LogP) is 6.03. The summed E-state index contributed by atoms with van der Waals surface area (Å²) in [5.41, 5.74) is 4.50. The molecule has 0 saturated heterocycles. The molecule has 208 valence electrons. The molecule has 0 aliphatic carbocycles. The van der Waals surface area contributed by atoms with Gasteiger partial charge in [-0.25, -0.2) is 4.39 Å².